The second kappa shape index (κ2) is 2.86. The Labute approximate surface area is 87.7 Å². The summed E-state index contributed by atoms with van der Waals surface area (Å²) < 4.78 is 3.95. The van der Waals surface area contributed by atoms with Crippen LogP contribution in [0.5, 0.6) is 0 Å². The van der Waals surface area contributed by atoms with E-state index in [0.717, 1.165) is 23.8 Å². The van der Waals surface area contributed by atoms with E-state index in [1.54, 1.807) is 4.52 Å². The molecule has 1 aliphatic carbocycles. The standard InChI is InChI=1S/C11H12N4/c1-8-10(6-12)11-14(7-9-2-3-9)4-5-15(11)13-8/h4-5,9H,2-3,7H2,1H3. The monoisotopic (exact) mass is 200 g/mol. The molecule has 15 heavy (non-hydrogen) atoms. The summed E-state index contributed by atoms with van der Waals surface area (Å²) in [5.74, 6) is 0.808. The third kappa shape index (κ3) is 1.23. The molecule has 3 rings (SSSR count). The SMILES string of the molecule is Cc1nn2ccn(CC3CC3)c2c1C#N. The highest BCUT2D eigenvalue weighted by Crippen LogP contribution is 2.31. The molecule has 2 heterocycles. The molecule has 1 fully saturated rings. The summed E-state index contributed by atoms with van der Waals surface area (Å²) in [5.41, 5.74) is 2.47. The van der Waals surface area contributed by atoms with Crippen LogP contribution in [0, 0.1) is 24.2 Å². The van der Waals surface area contributed by atoms with E-state index in [-0.39, 0.29) is 0 Å². The third-order valence-corrected chi connectivity index (χ3v) is 2.98. The van der Waals surface area contributed by atoms with Gasteiger partial charge in [-0.25, -0.2) is 4.52 Å². The van der Waals surface area contributed by atoms with Crippen molar-refractivity contribution >= 4 is 5.65 Å². The lowest BCUT2D eigenvalue weighted by Gasteiger charge is -2.00. The van der Waals surface area contributed by atoms with Gasteiger partial charge in [0.05, 0.1) is 5.69 Å². The van der Waals surface area contributed by atoms with E-state index in [0.29, 0.717) is 5.56 Å². The van der Waals surface area contributed by atoms with E-state index >= 15 is 0 Å². The van der Waals surface area contributed by atoms with Crippen molar-refractivity contribution in [3.05, 3.63) is 23.7 Å². The molecule has 4 heteroatoms. The molecule has 0 N–H and O–H groups in total. The molecule has 0 aliphatic heterocycles. The molecule has 2 aromatic heterocycles. The smallest absolute Gasteiger partial charge is 0.154 e. The lowest BCUT2D eigenvalue weighted by Crippen LogP contribution is -1.99. The van der Waals surface area contributed by atoms with Crippen LogP contribution in [0.4, 0.5) is 0 Å². The Balaban J connectivity index is 2.17. The minimum Gasteiger partial charge on any atom is -0.330 e. The Kier molecular flexibility index (Phi) is 1.63. The van der Waals surface area contributed by atoms with Gasteiger partial charge in [0.15, 0.2) is 5.65 Å². The zero-order valence-corrected chi connectivity index (χ0v) is 8.64. The van der Waals surface area contributed by atoms with Gasteiger partial charge in [-0.2, -0.15) is 10.4 Å². The van der Waals surface area contributed by atoms with Crippen LogP contribution in [0.15, 0.2) is 12.4 Å². The van der Waals surface area contributed by atoms with Crippen LogP contribution in [0.25, 0.3) is 5.65 Å². The molecule has 1 saturated carbocycles. The average molecular weight is 200 g/mol. The number of hydrogen-bond donors (Lipinski definition) is 0. The molecule has 1 aliphatic rings. The van der Waals surface area contributed by atoms with Gasteiger partial charge in [-0.15, -0.1) is 0 Å². The third-order valence-electron chi connectivity index (χ3n) is 2.98. The minimum atomic E-state index is 0.709. The molecule has 4 nitrogen and oxygen atoms in total. The van der Waals surface area contributed by atoms with Crippen LogP contribution in [0.1, 0.15) is 24.1 Å². The summed E-state index contributed by atoms with van der Waals surface area (Å²) in [4.78, 5) is 0. The molecule has 0 aromatic carbocycles. The molecule has 0 unspecified atom stereocenters. The number of imidazole rings is 1. The van der Waals surface area contributed by atoms with Crippen LogP contribution in [0.2, 0.25) is 0 Å². The highest BCUT2D eigenvalue weighted by Gasteiger charge is 2.23. The van der Waals surface area contributed by atoms with E-state index in [1.807, 2.05) is 19.3 Å². The first kappa shape index (κ1) is 8.54. The predicted octanol–water partition coefficient (Wildman–Crippen LogP) is 1.73. The van der Waals surface area contributed by atoms with Gasteiger partial charge in [0, 0.05) is 18.9 Å². The zero-order chi connectivity index (χ0) is 10.4. The summed E-state index contributed by atoms with van der Waals surface area (Å²) in [6.07, 6.45) is 6.57. The van der Waals surface area contributed by atoms with Crippen molar-refractivity contribution in [2.24, 2.45) is 5.92 Å². The van der Waals surface area contributed by atoms with Crippen molar-refractivity contribution in [2.45, 2.75) is 26.3 Å². The number of rotatable bonds is 2. The molecule has 76 valence electrons. The van der Waals surface area contributed by atoms with Crippen LogP contribution in [-0.4, -0.2) is 14.2 Å². The van der Waals surface area contributed by atoms with Gasteiger partial charge in [0.25, 0.3) is 0 Å². The maximum atomic E-state index is 9.08. The Morgan fingerprint density at radius 2 is 2.33 bits per heavy atom. The lowest BCUT2D eigenvalue weighted by atomic mass is 10.3. The molecule has 0 saturated heterocycles. The maximum Gasteiger partial charge on any atom is 0.154 e. The maximum absolute atomic E-state index is 9.08. The number of aromatic nitrogens is 3. The fourth-order valence-electron chi connectivity index (χ4n) is 1.99. The van der Waals surface area contributed by atoms with Gasteiger partial charge in [0.2, 0.25) is 0 Å². The summed E-state index contributed by atoms with van der Waals surface area (Å²) in [5, 5.41) is 13.4. The Morgan fingerprint density at radius 3 is 3.00 bits per heavy atom. The number of fused-ring (bicyclic) bond motifs is 1. The van der Waals surface area contributed by atoms with E-state index < -0.39 is 0 Å². The highest BCUT2D eigenvalue weighted by molar-refractivity contribution is 5.58. The second-order valence-electron chi connectivity index (χ2n) is 4.23. The Bertz CT molecular complexity index is 551. The molecule has 0 atom stereocenters. The van der Waals surface area contributed by atoms with Crippen molar-refractivity contribution in [2.75, 3.05) is 0 Å². The van der Waals surface area contributed by atoms with E-state index in [1.165, 1.54) is 12.8 Å². The van der Waals surface area contributed by atoms with Crippen molar-refractivity contribution in [1.82, 2.24) is 14.2 Å². The summed E-state index contributed by atoms with van der Waals surface area (Å²) in [6, 6.07) is 2.23. The van der Waals surface area contributed by atoms with Gasteiger partial charge < -0.3 is 4.57 Å². The number of aryl methyl sites for hydroxylation is 1. The normalized spacial score (nSPS) is 15.7. The van der Waals surface area contributed by atoms with E-state index in [9.17, 15) is 0 Å². The van der Waals surface area contributed by atoms with Crippen LogP contribution < -0.4 is 0 Å². The molecule has 0 bridgehead atoms. The van der Waals surface area contributed by atoms with Crippen LogP contribution in [-0.2, 0) is 6.54 Å². The van der Waals surface area contributed by atoms with Gasteiger partial charge in [0.1, 0.15) is 11.6 Å². The molecule has 2 aromatic rings. The first-order chi connectivity index (χ1) is 7.29. The largest absolute Gasteiger partial charge is 0.330 e. The number of hydrogen-bond acceptors (Lipinski definition) is 2. The predicted molar refractivity (Wildman–Crippen MR) is 55.4 cm³/mol. The fourth-order valence-corrected chi connectivity index (χ4v) is 1.99. The molecular formula is C11H12N4. The highest BCUT2D eigenvalue weighted by atomic mass is 15.3. The summed E-state index contributed by atoms with van der Waals surface area (Å²) >= 11 is 0. The van der Waals surface area contributed by atoms with Gasteiger partial charge >= 0.3 is 0 Å². The lowest BCUT2D eigenvalue weighted by molar-refractivity contribution is 0.643. The number of nitriles is 1. The number of nitrogens with zero attached hydrogens (tertiary/aromatic N) is 4. The van der Waals surface area contributed by atoms with Crippen LogP contribution >= 0.6 is 0 Å². The molecular weight excluding hydrogens is 188 g/mol. The first-order valence-corrected chi connectivity index (χ1v) is 5.24. The summed E-state index contributed by atoms with van der Waals surface area (Å²) in [7, 11) is 0. The topological polar surface area (TPSA) is 46.0 Å². The average Bonchev–Trinajstić information content (AvgIpc) is 2.86. The molecule has 0 amide bonds. The van der Waals surface area contributed by atoms with E-state index in [2.05, 4.69) is 15.7 Å². The summed E-state index contributed by atoms with van der Waals surface area (Å²) in [6.45, 7) is 2.91. The minimum absolute atomic E-state index is 0.709. The molecule has 0 radical (unpaired) electrons. The second-order valence-corrected chi connectivity index (χ2v) is 4.23. The van der Waals surface area contributed by atoms with E-state index in [4.69, 9.17) is 5.26 Å². The van der Waals surface area contributed by atoms with Crippen molar-refractivity contribution < 1.29 is 0 Å². The van der Waals surface area contributed by atoms with Crippen molar-refractivity contribution in [1.29, 1.82) is 5.26 Å². The van der Waals surface area contributed by atoms with Gasteiger partial charge in [-0.1, -0.05) is 0 Å². The molecule has 0 spiro atoms. The Morgan fingerprint density at radius 1 is 1.53 bits per heavy atom. The quantitative estimate of drug-likeness (QED) is 0.741. The first-order valence-electron chi connectivity index (χ1n) is 5.24. The van der Waals surface area contributed by atoms with Crippen molar-refractivity contribution in [3.8, 4) is 6.07 Å². The fraction of sp³-hybridized carbons (Fsp3) is 0.455. The van der Waals surface area contributed by atoms with Gasteiger partial charge in [-0.05, 0) is 25.7 Å². The van der Waals surface area contributed by atoms with Gasteiger partial charge in [-0.3, -0.25) is 0 Å². The van der Waals surface area contributed by atoms with Crippen LogP contribution in [0.3, 0.4) is 0 Å². The van der Waals surface area contributed by atoms with Crippen molar-refractivity contribution in [3.63, 3.8) is 0 Å². The Hall–Kier alpha value is -1.76. The zero-order valence-electron chi connectivity index (χ0n) is 8.64.